The zero-order valence-corrected chi connectivity index (χ0v) is 16.5. The lowest BCUT2D eigenvalue weighted by Gasteiger charge is -2.12. The number of aromatic nitrogens is 1. The number of thiophene rings is 1. The molecule has 0 spiro atoms. The van der Waals surface area contributed by atoms with E-state index in [2.05, 4.69) is 9.71 Å². The highest BCUT2D eigenvalue weighted by molar-refractivity contribution is 7.89. The Bertz CT molecular complexity index is 993. The van der Waals surface area contributed by atoms with Gasteiger partial charge in [0.25, 0.3) is 0 Å². The highest BCUT2D eigenvalue weighted by Crippen LogP contribution is 2.30. The summed E-state index contributed by atoms with van der Waals surface area (Å²) in [6.45, 7) is 3.29. The molecule has 0 aliphatic carbocycles. The lowest BCUT2D eigenvalue weighted by molar-refractivity contribution is -0.136. The van der Waals surface area contributed by atoms with Crippen molar-refractivity contribution in [2.45, 2.75) is 24.8 Å². The Morgan fingerprint density at radius 3 is 2.58 bits per heavy atom. The van der Waals surface area contributed by atoms with Gasteiger partial charge in [0.15, 0.2) is 0 Å². The zero-order chi connectivity index (χ0) is 18.7. The minimum Gasteiger partial charge on any atom is -0.405 e. The van der Waals surface area contributed by atoms with Gasteiger partial charge < -0.3 is 4.74 Å². The molecule has 3 rings (SSSR count). The molecule has 0 aliphatic rings. The van der Waals surface area contributed by atoms with Gasteiger partial charge in [-0.25, -0.2) is 18.2 Å². The van der Waals surface area contributed by atoms with Crippen LogP contribution in [0.3, 0.4) is 0 Å². The number of ether oxygens (including phenoxy) is 1. The molecule has 1 atom stereocenters. The van der Waals surface area contributed by atoms with E-state index < -0.39 is 22.0 Å². The molecular weight excluding hydrogens is 392 g/mol. The molecule has 9 heteroatoms. The Hall–Kier alpha value is -2.07. The largest absolute Gasteiger partial charge is 0.405 e. The topological polar surface area (TPSA) is 85.4 Å². The zero-order valence-electron chi connectivity index (χ0n) is 14.0. The minimum atomic E-state index is -3.81. The van der Waals surface area contributed by atoms with Crippen molar-refractivity contribution in [2.24, 2.45) is 0 Å². The van der Waals surface area contributed by atoms with Crippen molar-refractivity contribution in [1.82, 2.24) is 9.71 Å². The number of carbonyl (C=O) groups is 1. The molecule has 0 aliphatic heterocycles. The normalized spacial score (nSPS) is 12.7. The Kier molecular flexibility index (Phi) is 5.52. The van der Waals surface area contributed by atoms with E-state index in [-0.39, 0.29) is 10.8 Å². The van der Waals surface area contributed by atoms with Gasteiger partial charge in [-0.05, 0) is 37.4 Å². The van der Waals surface area contributed by atoms with Crippen molar-refractivity contribution >= 4 is 38.7 Å². The highest BCUT2D eigenvalue weighted by atomic mass is 32.2. The van der Waals surface area contributed by atoms with Gasteiger partial charge in [-0.2, -0.15) is 4.72 Å². The van der Waals surface area contributed by atoms with E-state index in [1.807, 2.05) is 24.4 Å². The number of hydrogen-bond acceptors (Lipinski definition) is 7. The molecule has 2 heterocycles. The van der Waals surface area contributed by atoms with Crippen molar-refractivity contribution in [3.05, 3.63) is 52.7 Å². The van der Waals surface area contributed by atoms with Gasteiger partial charge in [-0.1, -0.05) is 23.8 Å². The molecule has 26 heavy (non-hydrogen) atoms. The molecule has 3 aromatic rings. The molecule has 0 bridgehead atoms. The first-order valence-corrected chi connectivity index (χ1v) is 10.9. The fourth-order valence-electron chi connectivity index (χ4n) is 2.08. The van der Waals surface area contributed by atoms with Gasteiger partial charge >= 0.3 is 5.97 Å². The summed E-state index contributed by atoms with van der Waals surface area (Å²) in [5.41, 5.74) is 0.946. The number of sulfonamides is 1. The third kappa shape index (κ3) is 4.36. The predicted octanol–water partition coefficient (Wildman–Crippen LogP) is 3.45. The second-order valence-corrected chi connectivity index (χ2v) is 9.07. The highest BCUT2D eigenvalue weighted by Gasteiger charge is 2.24. The summed E-state index contributed by atoms with van der Waals surface area (Å²) >= 11 is 2.89. The first-order chi connectivity index (χ1) is 12.3. The molecule has 1 aromatic carbocycles. The lowest BCUT2D eigenvalue weighted by Crippen LogP contribution is -2.40. The van der Waals surface area contributed by atoms with Crippen LogP contribution in [0.4, 0.5) is 0 Å². The molecule has 0 unspecified atom stereocenters. The molecule has 0 saturated heterocycles. The fraction of sp³-hybridized carbons (Fsp3) is 0.176. The van der Waals surface area contributed by atoms with Crippen LogP contribution in [-0.4, -0.2) is 25.4 Å². The summed E-state index contributed by atoms with van der Waals surface area (Å²) in [7, 11) is -3.81. The molecule has 136 valence electrons. The van der Waals surface area contributed by atoms with Gasteiger partial charge in [0.05, 0.1) is 15.2 Å². The lowest BCUT2D eigenvalue weighted by atomic mass is 10.2. The van der Waals surface area contributed by atoms with Crippen LogP contribution in [0, 0.1) is 6.92 Å². The summed E-state index contributed by atoms with van der Waals surface area (Å²) in [5, 5.41) is 4.30. The van der Waals surface area contributed by atoms with Crippen molar-refractivity contribution in [1.29, 1.82) is 0 Å². The average molecular weight is 409 g/mol. The number of aryl methyl sites for hydroxylation is 1. The van der Waals surface area contributed by atoms with Crippen molar-refractivity contribution in [3.63, 3.8) is 0 Å². The maximum atomic E-state index is 12.3. The number of nitrogens with zero attached hydrogens (tertiary/aromatic N) is 1. The van der Waals surface area contributed by atoms with E-state index in [0.29, 0.717) is 0 Å². The van der Waals surface area contributed by atoms with Crippen LogP contribution >= 0.6 is 22.7 Å². The van der Waals surface area contributed by atoms with Crippen LogP contribution in [0.2, 0.25) is 0 Å². The first kappa shape index (κ1) is 18.7. The second-order valence-electron chi connectivity index (χ2n) is 5.55. The third-order valence-electron chi connectivity index (χ3n) is 3.44. The third-order valence-corrected chi connectivity index (χ3v) is 6.85. The molecule has 0 radical (unpaired) electrons. The summed E-state index contributed by atoms with van der Waals surface area (Å²) in [6, 6.07) is 9.15. The van der Waals surface area contributed by atoms with Gasteiger partial charge in [-0.3, -0.25) is 0 Å². The summed E-state index contributed by atoms with van der Waals surface area (Å²) < 4.78 is 32.2. The maximum Gasteiger partial charge on any atom is 0.330 e. The number of carbonyl (C=O) groups excluding carboxylic acids is 1. The standard InChI is InChI=1S/C17H16N2O4S3/c1-11-5-7-13(8-6-11)26(21,22)19-12(2)17(20)23-15-10-25-16(18-15)14-4-3-9-24-14/h3-10,12,19H,1-2H3/t12-/m0/s1. The van der Waals surface area contributed by atoms with Crippen LogP contribution in [0.15, 0.2) is 52.1 Å². The quantitative estimate of drug-likeness (QED) is 0.632. The van der Waals surface area contributed by atoms with Crippen LogP contribution in [0.1, 0.15) is 12.5 Å². The number of benzene rings is 1. The number of thiazole rings is 1. The molecule has 0 fully saturated rings. The van der Waals surface area contributed by atoms with E-state index in [9.17, 15) is 13.2 Å². The number of nitrogens with one attached hydrogen (secondary N) is 1. The van der Waals surface area contributed by atoms with E-state index in [4.69, 9.17) is 4.74 Å². The Morgan fingerprint density at radius 2 is 1.92 bits per heavy atom. The van der Waals surface area contributed by atoms with Crippen LogP contribution < -0.4 is 9.46 Å². The van der Waals surface area contributed by atoms with Gasteiger partial charge in [0.1, 0.15) is 11.0 Å². The van der Waals surface area contributed by atoms with E-state index in [1.165, 1.54) is 41.7 Å². The number of hydrogen-bond donors (Lipinski definition) is 1. The van der Waals surface area contributed by atoms with Crippen LogP contribution in [0.5, 0.6) is 5.88 Å². The van der Waals surface area contributed by atoms with Gasteiger partial charge in [-0.15, -0.1) is 22.7 Å². The molecule has 0 saturated carbocycles. The molecule has 0 amide bonds. The average Bonchev–Trinajstić information content (AvgIpc) is 3.25. The molecule has 1 N–H and O–H groups in total. The Morgan fingerprint density at radius 1 is 1.19 bits per heavy atom. The van der Waals surface area contributed by atoms with E-state index in [0.717, 1.165) is 15.4 Å². The van der Waals surface area contributed by atoms with E-state index >= 15 is 0 Å². The summed E-state index contributed by atoms with van der Waals surface area (Å²) in [4.78, 5) is 17.5. The number of rotatable bonds is 6. The molecule has 6 nitrogen and oxygen atoms in total. The van der Waals surface area contributed by atoms with E-state index in [1.54, 1.807) is 17.5 Å². The minimum absolute atomic E-state index is 0.0939. The summed E-state index contributed by atoms with van der Waals surface area (Å²) in [5.74, 6) is -0.562. The van der Waals surface area contributed by atoms with Crippen LogP contribution in [0.25, 0.3) is 9.88 Å². The SMILES string of the molecule is Cc1ccc(S(=O)(=O)N[C@@H](C)C(=O)Oc2csc(-c3cccs3)n2)cc1. The first-order valence-electron chi connectivity index (χ1n) is 7.65. The van der Waals surface area contributed by atoms with Gasteiger partial charge in [0.2, 0.25) is 15.9 Å². The fourth-order valence-corrected chi connectivity index (χ4v) is 4.81. The molecular formula is C17H16N2O4S3. The predicted molar refractivity (Wildman–Crippen MR) is 102 cm³/mol. The monoisotopic (exact) mass is 408 g/mol. The number of esters is 1. The molecule has 2 aromatic heterocycles. The Labute approximate surface area is 159 Å². The van der Waals surface area contributed by atoms with Crippen LogP contribution in [-0.2, 0) is 14.8 Å². The van der Waals surface area contributed by atoms with Crippen molar-refractivity contribution < 1.29 is 17.9 Å². The van der Waals surface area contributed by atoms with Crippen molar-refractivity contribution in [2.75, 3.05) is 0 Å². The smallest absolute Gasteiger partial charge is 0.330 e. The second kappa shape index (κ2) is 7.67. The summed E-state index contributed by atoms with van der Waals surface area (Å²) in [6.07, 6.45) is 0. The maximum absolute atomic E-state index is 12.3. The van der Waals surface area contributed by atoms with Crippen molar-refractivity contribution in [3.8, 4) is 15.8 Å². The van der Waals surface area contributed by atoms with Gasteiger partial charge in [0, 0.05) is 0 Å². The Balaban J connectivity index is 1.65.